The minimum absolute atomic E-state index is 0.0500. The van der Waals surface area contributed by atoms with Crippen LogP contribution in [-0.2, 0) is 6.42 Å². The Balaban J connectivity index is 2.03. The highest BCUT2D eigenvalue weighted by Crippen LogP contribution is 2.33. The first-order chi connectivity index (χ1) is 9.69. The Labute approximate surface area is 126 Å². The molecule has 4 heteroatoms. The Morgan fingerprint density at radius 2 is 2.10 bits per heavy atom. The molecule has 0 aromatic heterocycles. The molecule has 1 heterocycles. The van der Waals surface area contributed by atoms with E-state index in [-0.39, 0.29) is 11.9 Å². The number of rotatable bonds is 3. The van der Waals surface area contributed by atoms with Crippen LogP contribution in [0.3, 0.4) is 0 Å². The molecule has 104 valence electrons. The summed E-state index contributed by atoms with van der Waals surface area (Å²) in [6.07, 6.45) is 0.934. The van der Waals surface area contributed by atoms with Gasteiger partial charge in [0, 0.05) is 10.9 Å². The zero-order valence-corrected chi connectivity index (χ0v) is 12.7. The zero-order valence-electron chi connectivity index (χ0n) is 11.1. The molecular formula is C16H15BrFNO. The van der Waals surface area contributed by atoms with Crippen molar-refractivity contribution in [1.82, 2.24) is 5.32 Å². The van der Waals surface area contributed by atoms with E-state index in [0.717, 1.165) is 34.4 Å². The maximum atomic E-state index is 13.5. The van der Waals surface area contributed by atoms with E-state index in [0.29, 0.717) is 0 Å². The fraction of sp³-hybridized carbons (Fsp3) is 0.250. The minimum atomic E-state index is -0.229. The van der Waals surface area contributed by atoms with Gasteiger partial charge in [0.15, 0.2) is 0 Å². The second-order valence-electron chi connectivity index (χ2n) is 4.85. The molecule has 1 aliphatic heterocycles. The van der Waals surface area contributed by atoms with Crippen molar-refractivity contribution in [3.8, 4) is 5.75 Å². The molecular weight excluding hydrogens is 321 g/mol. The third-order valence-corrected chi connectivity index (χ3v) is 4.33. The molecule has 2 aromatic carbocycles. The van der Waals surface area contributed by atoms with Gasteiger partial charge < -0.3 is 10.1 Å². The Morgan fingerprint density at radius 3 is 2.90 bits per heavy atom. The van der Waals surface area contributed by atoms with Gasteiger partial charge in [-0.2, -0.15) is 0 Å². The fourth-order valence-electron chi connectivity index (χ4n) is 2.62. The van der Waals surface area contributed by atoms with Gasteiger partial charge in [0.25, 0.3) is 0 Å². The SMILES string of the molecule is CNC(c1ccc2c(c1)CCO2)c1cc(F)ccc1Br. The molecule has 1 atom stereocenters. The van der Waals surface area contributed by atoms with E-state index in [2.05, 4.69) is 27.3 Å². The topological polar surface area (TPSA) is 21.3 Å². The van der Waals surface area contributed by atoms with E-state index >= 15 is 0 Å². The molecule has 3 rings (SSSR count). The highest BCUT2D eigenvalue weighted by atomic mass is 79.9. The van der Waals surface area contributed by atoms with Gasteiger partial charge in [0.2, 0.25) is 0 Å². The summed E-state index contributed by atoms with van der Waals surface area (Å²) in [5.41, 5.74) is 3.23. The lowest BCUT2D eigenvalue weighted by Gasteiger charge is -2.19. The molecule has 20 heavy (non-hydrogen) atoms. The smallest absolute Gasteiger partial charge is 0.123 e. The average Bonchev–Trinajstić information content (AvgIpc) is 2.91. The first kappa shape index (κ1) is 13.6. The van der Waals surface area contributed by atoms with Gasteiger partial charge >= 0.3 is 0 Å². The Morgan fingerprint density at radius 1 is 1.25 bits per heavy atom. The fourth-order valence-corrected chi connectivity index (χ4v) is 3.10. The van der Waals surface area contributed by atoms with Gasteiger partial charge in [-0.1, -0.05) is 28.1 Å². The van der Waals surface area contributed by atoms with Crippen molar-refractivity contribution < 1.29 is 9.13 Å². The van der Waals surface area contributed by atoms with Gasteiger partial charge in [-0.25, -0.2) is 4.39 Å². The summed E-state index contributed by atoms with van der Waals surface area (Å²) in [5.74, 6) is 0.731. The summed E-state index contributed by atoms with van der Waals surface area (Å²) >= 11 is 3.50. The summed E-state index contributed by atoms with van der Waals surface area (Å²) in [6.45, 7) is 0.743. The number of ether oxygens (including phenoxy) is 1. The monoisotopic (exact) mass is 335 g/mol. The summed E-state index contributed by atoms with van der Waals surface area (Å²) in [6, 6.07) is 10.9. The van der Waals surface area contributed by atoms with Gasteiger partial charge in [-0.05, 0) is 48.0 Å². The van der Waals surface area contributed by atoms with Crippen molar-refractivity contribution in [2.24, 2.45) is 0 Å². The quantitative estimate of drug-likeness (QED) is 0.920. The molecule has 0 radical (unpaired) electrons. The largest absolute Gasteiger partial charge is 0.493 e. The van der Waals surface area contributed by atoms with Crippen molar-refractivity contribution in [2.45, 2.75) is 12.5 Å². The first-order valence-corrected chi connectivity index (χ1v) is 7.36. The van der Waals surface area contributed by atoms with E-state index in [1.165, 1.54) is 11.6 Å². The molecule has 0 bridgehead atoms. The Bertz CT molecular complexity index is 644. The summed E-state index contributed by atoms with van der Waals surface area (Å²) in [7, 11) is 1.88. The molecule has 1 unspecified atom stereocenters. The van der Waals surface area contributed by atoms with Crippen LogP contribution in [0.15, 0.2) is 40.9 Å². The van der Waals surface area contributed by atoms with Crippen LogP contribution in [0.4, 0.5) is 4.39 Å². The summed E-state index contributed by atoms with van der Waals surface area (Å²) in [4.78, 5) is 0. The maximum Gasteiger partial charge on any atom is 0.123 e. The molecule has 0 spiro atoms. The normalized spacial score (nSPS) is 14.8. The number of hydrogen-bond acceptors (Lipinski definition) is 2. The number of halogens is 2. The van der Waals surface area contributed by atoms with Crippen molar-refractivity contribution in [3.63, 3.8) is 0 Å². The molecule has 0 aliphatic carbocycles. The number of benzene rings is 2. The second kappa shape index (κ2) is 5.54. The predicted octanol–water partition coefficient (Wildman–Crippen LogP) is 3.83. The summed E-state index contributed by atoms with van der Waals surface area (Å²) in [5, 5.41) is 3.26. The van der Waals surface area contributed by atoms with Crippen LogP contribution in [0, 0.1) is 5.82 Å². The molecule has 0 saturated heterocycles. The second-order valence-corrected chi connectivity index (χ2v) is 5.71. The number of nitrogens with one attached hydrogen (secondary N) is 1. The molecule has 2 aromatic rings. The van der Waals surface area contributed by atoms with Gasteiger partial charge in [-0.3, -0.25) is 0 Å². The lowest BCUT2D eigenvalue weighted by molar-refractivity contribution is 0.357. The first-order valence-electron chi connectivity index (χ1n) is 6.57. The van der Waals surface area contributed by atoms with Crippen molar-refractivity contribution in [2.75, 3.05) is 13.7 Å². The third-order valence-electron chi connectivity index (χ3n) is 3.60. The third kappa shape index (κ3) is 2.45. The average molecular weight is 336 g/mol. The summed E-state index contributed by atoms with van der Waals surface area (Å²) < 4.78 is 19.9. The maximum absolute atomic E-state index is 13.5. The van der Waals surface area contributed by atoms with Crippen LogP contribution >= 0.6 is 15.9 Å². The van der Waals surface area contributed by atoms with E-state index in [1.807, 2.05) is 19.2 Å². The van der Waals surface area contributed by atoms with Crippen LogP contribution in [-0.4, -0.2) is 13.7 Å². The zero-order chi connectivity index (χ0) is 14.1. The molecule has 2 nitrogen and oxygen atoms in total. The van der Waals surface area contributed by atoms with E-state index in [4.69, 9.17) is 4.74 Å². The lowest BCUT2D eigenvalue weighted by Crippen LogP contribution is -2.18. The molecule has 0 amide bonds. The molecule has 1 aliphatic rings. The van der Waals surface area contributed by atoms with E-state index < -0.39 is 0 Å². The van der Waals surface area contributed by atoms with Crippen LogP contribution < -0.4 is 10.1 Å². The predicted molar refractivity (Wildman–Crippen MR) is 80.6 cm³/mol. The van der Waals surface area contributed by atoms with E-state index in [9.17, 15) is 4.39 Å². The number of hydrogen-bond donors (Lipinski definition) is 1. The Hall–Kier alpha value is -1.39. The minimum Gasteiger partial charge on any atom is -0.493 e. The highest BCUT2D eigenvalue weighted by molar-refractivity contribution is 9.10. The van der Waals surface area contributed by atoms with Crippen LogP contribution in [0.5, 0.6) is 5.75 Å². The van der Waals surface area contributed by atoms with Gasteiger partial charge in [-0.15, -0.1) is 0 Å². The van der Waals surface area contributed by atoms with Crippen molar-refractivity contribution >= 4 is 15.9 Å². The molecule has 0 fully saturated rings. The standard InChI is InChI=1S/C16H15BrFNO/c1-19-16(13-9-12(18)3-4-14(13)17)11-2-5-15-10(8-11)6-7-20-15/h2-5,8-9,16,19H,6-7H2,1H3. The number of fused-ring (bicyclic) bond motifs is 1. The van der Waals surface area contributed by atoms with Gasteiger partial charge in [0.1, 0.15) is 11.6 Å². The van der Waals surface area contributed by atoms with Gasteiger partial charge in [0.05, 0.1) is 12.6 Å². The highest BCUT2D eigenvalue weighted by Gasteiger charge is 2.19. The Kier molecular flexibility index (Phi) is 3.76. The van der Waals surface area contributed by atoms with Crippen molar-refractivity contribution in [1.29, 1.82) is 0 Å². The molecule has 0 saturated carbocycles. The van der Waals surface area contributed by atoms with E-state index in [1.54, 1.807) is 12.1 Å². The van der Waals surface area contributed by atoms with Crippen LogP contribution in [0.25, 0.3) is 0 Å². The van der Waals surface area contributed by atoms with Crippen LogP contribution in [0.2, 0.25) is 0 Å². The van der Waals surface area contributed by atoms with Crippen molar-refractivity contribution in [3.05, 3.63) is 63.4 Å². The van der Waals surface area contributed by atoms with Crippen LogP contribution in [0.1, 0.15) is 22.7 Å². The molecule has 1 N–H and O–H groups in total. The lowest BCUT2D eigenvalue weighted by atomic mass is 9.96.